The maximum Gasteiger partial charge on any atom is 0.166 e. The van der Waals surface area contributed by atoms with Crippen LogP contribution >= 0.6 is 23.6 Å². The number of nitrogens with one attached hydrogen (secondary N) is 2. The van der Waals surface area contributed by atoms with Gasteiger partial charge in [-0.2, -0.15) is 0 Å². The van der Waals surface area contributed by atoms with Gasteiger partial charge in [0.25, 0.3) is 0 Å². The Bertz CT molecular complexity index is 636. The minimum atomic E-state index is 0.286. The average Bonchev–Trinajstić information content (AvgIpc) is 3.30. The molecule has 5 heteroatoms. The maximum atomic E-state index is 5.53. The van der Waals surface area contributed by atoms with Gasteiger partial charge >= 0.3 is 0 Å². The van der Waals surface area contributed by atoms with Crippen LogP contribution < -0.4 is 10.6 Å². The van der Waals surface area contributed by atoms with E-state index in [2.05, 4.69) is 64.2 Å². The minimum absolute atomic E-state index is 0.286. The summed E-state index contributed by atoms with van der Waals surface area (Å²) in [5.74, 6) is 0. The number of likely N-dealkylation sites (tertiary alicyclic amines) is 1. The van der Waals surface area contributed by atoms with Gasteiger partial charge < -0.3 is 10.6 Å². The Hall–Kier alpha value is -1.43. The Morgan fingerprint density at radius 3 is 2.60 bits per heavy atom. The SMILES string of the molecule is C[C@H](NC(=S)NCCc1ccccc1)[C@H](c1cccs1)N1CCCC1. The zero-order chi connectivity index (χ0) is 17.5. The maximum absolute atomic E-state index is 5.53. The Labute approximate surface area is 160 Å². The predicted molar refractivity (Wildman–Crippen MR) is 111 cm³/mol. The van der Waals surface area contributed by atoms with Crippen LogP contribution in [-0.4, -0.2) is 35.7 Å². The Kier molecular flexibility index (Phi) is 6.84. The van der Waals surface area contributed by atoms with Crippen LogP contribution in [0.4, 0.5) is 0 Å². The molecule has 0 radical (unpaired) electrons. The first-order chi connectivity index (χ1) is 12.2. The molecular formula is C20H27N3S2. The second-order valence-electron chi connectivity index (χ2n) is 6.63. The van der Waals surface area contributed by atoms with Crippen LogP contribution in [0.15, 0.2) is 47.8 Å². The predicted octanol–water partition coefficient (Wildman–Crippen LogP) is 3.98. The quantitative estimate of drug-likeness (QED) is 0.718. The molecule has 1 aromatic heterocycles. The lowest BCUT2D eigenvalue weighted by atomic mass is 10.1. The smallest absolute Gasteiger partial charge is 0.166 e. The van der Waals surface area contributed by atoms with Crippen molar-refractivity contribution in [2.45, 2.75) is 38.3 Å². The molecule has 1 aliphatic rings. The summed E-state index contributed by atoms with van der Waals surface area (Å²) in [5.41, 5.74) is 1.33. The van der Waals surface area contributed by atoms with Crippen molar-refractivity contribution < 1.29 is 0 Å². The molecule has 1 fully saturated rings. The third kappa shape index (κ3) is 5.27. The van der Waals surface area contributed by atoms with E-state index in [1.807, 2.05) is 17.4 Å². The van der Waals surface area contributed by atoms with Crippen LogP contribution in [0, 0.1) is 0 Å². The molecule has 3 rings (SSSR count). The molecule has 134 valence electrons. The van der Waals surface area contributed by atoms with E-state index in [1.165, 1.54) is 36.4 Å². The summed E-state index contributed by atoms with van der Waals surface area (Å²) in [5, 5.41) is 9.80. The van der Waals surface area contributed by atoms with Crippen molar-refractivity contribution in [2.24, 2.45) is 0 Å². The summed E-state index contributed by atoms with van der Waals surface area (Å²) in [6, 6.07) is 15.6. The summed E-state index contributed by atoms with van der Waals surface area (Å²) in [6.45, 7) is 5.47. The van der Waals surface area contributed by atoms with Crippen molar-refractivity contribution in [1.82, 2.24) is 15.5 Å². The van der Waals surface area contributed by atoms with Crippen molar-refractivity contribution in [3.8, 4) is 0 Å². The zero-order valence-electron chi connectivity index (χ0n) is 14.8. The van der Waals surface area contributed by atoms with Gasteiger partial charge in [0.2, 0.25) is 0 Å². The number of benzene rings is 1. The third-order valence-corrected chi connectivity index (χ3v) is 5.95. The van der Waals surface area contributed by atoms with Gasteiger partial charge in [0.05, 0.1) is 6.04 Å². The van der Waals surface area contributed by atoms with Crippen LogP contribution in [0.3, 0.4) is 0 Å². The van der Waals surface area contributed by atoms with Gasteiger partial charge in [-0.25, -0.2) is 0 Å². The fraction of sp³-hybridized carbons (Fsp3) is 0.450. The topological polar surface area (TPSA) is 27.3 Å². The van der Waals surface area contributed by atoms with Gasteiger partial charge in [-0.15, -0.1) is 11.3 Å². The van der Waals surface area contributed by atoms with E-state index in [0.717, 1.165) is 18.1 Å². The highest BCUT2D eigenvalue weighted by Crippen LogP contribution is 2.31. The van der Waals surface area contributed by atoms with Gasteiger partial charge in [-0.1, -0.05) is 36.4 Å². The molecule has 2 atom stereocenters. The molecule has 3 nitrogen and oxygen atoms in total. The van der Waals surface area contributed by atoms with Gasteiger partial charge in [-0.3, -0.25) is 4.90 Å². The average molecular weight is 374 g/mol. The van der Waals surface area contributed by atoms with Crippen molar-refractivity contribution in [3.63, 3.8) is 0 Å². The normalized spacial score (nSPS) is 17.2. The summed E-state index contributed by atoms with van der Waals surface area (Å²) in [4.78, 5) is 4.02. The summed E-state index contributed by atoms with van der Waals surface area (Å²) < 4.78 is 0. The second kappa shape index (κ2) is 9.32. The number of hydrogen-bond acceptors (Lipinski definition) is 3. The molecule has 2 heterocycles. The molecule has 25 heavy (non-hydrogen) atoms. The number of rotatable bonds is 7. The fourth-order valence-corrected chi connectivity index (χ4v) is 4.78. The van der Waals surface area contributed by atoms with Crippen molar-refractivity contribution in [1.29, 1.82) is 0 Å². The van der Waals surface area contributed by atoms with Gasteiger partial charge in [0.1, 0.15) is 0 Å². The highest BCUT2D eigenvalue weighted by atomic mass is 32.1. The van der Waals surface area contributed by atoms with Crippen LogP contribution in [0.5, 0.6) is 0 Å². The van der Waals surface area contributed by atoms with Gasteiger partial charge in [-0.05, 0) is 68.5 Å². The van der Waals surface area contributed by atoms with Crippen molar-refractivity contribution in [3.05, 3.63) is 58.3 Å². The molecule has 0 amide bonds. The molecule has 0 unspecified atom stereocenters. The van der Waals surface area contributed by atoms with Gasteiger partial charge in [0.15, 0.2) is 5.11 Å². The van der Waals surface area contributed by atoms with Gasteiger partial charge in [0, 0.05) is 17.5 Å². The van der Waals surface area contributed by atoms with Crippen LogP contribution in [0.25, 0.3) is 0 Å². The lowest BCUT2D eigenvalue weighted by molar-refractivity contribution is 0.213. The molecule has 1 aliphatic heterocycles. The summed E-state index contributed by atoms with van der Waals surface area (Å²) in [7, 11) is 0. The Morgan fingerprint density at radius 2 is 1.92 bits per heavy atom. The van der Waals surface area contributed by atoms with E-state index in [9.17, 15) is 0 Å². The molecular weight excluding hydrogens is 346 g/mol. The van der Waals surface area contributed by atoms with E-state index < -0.39 is 0 Å². The zero-order valence-corrected chi connectivity index (χ0v) is 16.4. The fourth-order valence-electron chi connectivity index (χ4n) is 3.52. The first kappa shape index (κ1) is 18.4. The van der Waals surface area contributed by atoms with Crippen molar-refractivity contribution >= 4 is 28.7 Å². The molecule has 0 aliphatic carbocycles. The molecule has 1 saturated heterocycles. The first-order valence-corrected chi connectivity index (χ1v) is 10.4. The Morgan fingerprint density at radius 1 is 1.16 bits per heavy atom. The largest absolute Gasteiger partial charge is 0.362 e. The molecule has 0 bridgehead atoms. The molecule has 2 aromatic rings. The highest BCUT2D eigenvalue weighted by molar-refractivity contribution is 7.80. The van der Waals surface area contributed by atoms with Crippen LogP contribution in [-0.2, 0) is 6.42 Å². The lowest BCUT2D eigenvalue weighted by Crippen LogP contribution is -2.47. The minimum Gasteiger partial charge on any atom is -0.362 e. The van der Waals surface area contributed by atoms with E-state index in [0.29, 0.717) is 6.04 Å². The van der Waals surface area contributed by atoms with E-state index in [4.69, 9.17) is 12.2 Å². The Balaban J connectivity index is 1.51. The highest BCUT2D eigenvalue weighted by Gasteiger charge is 2.29. The summed E-state index contributed by atoms with van der Waals surface area (Å²) in [6.07, 6.45) is 3.58. The third-order valence-electron chi connectivity index (χ3n) is 4.74. The monoisotopic (exact) mass is 373 g/mol. The molecule has 0 spiro atoms. The van der Waals surface area contributed by atoms with E-state index in [-0.39, 0.29) is 6.04 Å². The van der Waals surface area contributed by atoms with E-state index in [1.54, 1.807) is 0 Å². The number of nitrogens with zero attached hydrogens (tertiary/aromatic N) is 1. The van der Waals surface area contributed by atoms with Crippen LogP contribution in [0.1, 0.15) is 36.2 Å². The molecule has 2 N–H and O–H groups in total. The first-order valence-electron chi connectivity index (χ1n) is 9.10. The number of thiocarbonyl (C=S) groups is 1. The van der Waals surface area contributed by atoms with Crippen molar-refractivity contribution in [2.75, 3.05) is 19.6 Å². The molecule has 0 saturated carbocycles. The number of hydrogen-bond donors (Lipinski definition) is 2. The molecule has 1 aromatic carbocycles. The van der Waals surface area contributed by atoms with E-state index >= 15 is 0 Å². The van der Waals surface area contributed by atoms with Crippen LogP contribution in [0.2, 0.25) is 0 Å². The number of thiophene rings is 1. The standard InChI is InChI=1S/C20H27N3S2/c1-16(19(18-10-7-15-25-18)23-13-5-6-14-23)22-20(24)21-12-11-17-8-3-2-4-9-17/h2-4,7-10,15-16,19H,5-6,11-14H2,1H3,(H2,21,22,24)/t16-,19+/m0/s1. The lowest BCUT2D eigenvalue weighted by Gasteiger charge is -2.33. The summed E-state index contributed by atoms with van der Waals surface area (Å²) >= 11 is 7.37. The second-order valence-corrected chi connectivity index (χ2v) is 8.02.